The molecule has 5 nitrogen and oxygen atoms in total. The first-order valence-electron chi connectivity index (χ1n) is 5.73. The molecule has 18 heavy (non-hydrogen) atoms. The van der Waals surface area contributed by atoms with Gasteiger partial charge in [-0.1, -0.05) is 0 Å². The second-order valence-electron chi connectivity index (χ2n) is 4.27. The smallest absolute Gasteiger partial charge is 0.269 e. The monoisotopic (exact) mass is 247 g/mol. The number of benzene rings is 1. The van der Waals surface area contributed by atoms with Crippen molar-refractivity contribution < 1.29 is 4.74 Å². The van der Waals surface area contributed by atoms with E-state index in [1.807, 2.05) is 26.0 Å². The fraction of sp³-hybridized carbons (Fsp3) is 0.308. The number of nitrogens with two attached hydrogens (primary N) is 1. The Kier molecular flexibility index (Phi) is 3.25. The lowest BCUT2D eigenvalue weighted by molar-refractivity contribution is 0.416. The van der Waals surface area contributed by atoms with Crippen LogP contribution in [0.4, 0.5) is 0 Å². The topological polar surface area (TPSA) is 83.9 Å². The maximum Gasteiger partial charge on any atom is 0.269 e. The van der Waals surface area contributed by atoms with Crippen molar-refractivity contribution in [2.45, 2.75) is 20.4 Å². The van der Waals surface area contributed by atoms with Crippen LogP contribution in [0.3, 0.4) is 0 Å². The van der Waals surface area contributed by atoms with Crippen molar-refractivity contribution in [3.05, 3.63) is 39.2 Å². The van der Waals surface area contributed by atoms with Crippen LogP contribution in [-0.2, 0) is 6.54 Å². The number of methoxy groups -OCH3 is 1. The number of hydrogen-bond donors (Lipinski definition) is 3. The van der Waals surface area contributed by atoms with Crippen LogP contribution in [0.25, 0.3) is 11.3 Å². The Labute approximate surface area is 105 Å². The molecule has 0 aliphatic heterocycles. The Morgan fingerprint density at radius 2 is 1.89 bits per heavy atom. The summed E-state index contributed by atoms with van der Waals surface area (Å²) in [4.78, 5) is 11.6. The highest BCUT2D eigenvalue weighted by Gasteiger charge is 2.15. The molecule has 0 unspecified atom stereocenters. The minimum absolute atomic E-state index is 0.185. The van der Waals surface area contributed by atoms with Crippen molar-refractivity contribution in [2.24, 2.45) is 5.73 Å². The van der Waals surface area contributed by atoms with Crippen LogP contribution in [0.2, 0.25) is 0 Å². The van der Waals surface area contributed by atoms with Crippen LogP contribution in [0.15, 0.2) is 16.9 Å². The molecule has 1 heterocycles. The van der Waals surface area contributed by atoms with E-state index in [2.05, 4.69) is 10.2 Å². The lowest BCUT2D eigenvalue weighted by Crippen LogP contribution is -2.10. The lowest BCUT2D eigenvalue weighted by Gasteiger charge is -2.11. The van der Waals surface area contributed by atoms with E-state index in [0.717, 1.165) is 22.4 Å². The summed E-state index contributed by atoms with van der Waals surface area (Å²) in [5.74, 6) is 0.725. The molecule has 96 valence electrons. The van der Waals surface area contributed by atoms with Gasteiger partial charge in [0.1, 0.15) is 5.75 Å². The average Bonchev–Trinajstić information content (AvgIpc) is 2.73. The Morgan fingerprint density at radius 1 is 1.22 bits per heavy atom. The zero-order chi connectivity index (χ0) is 13.3. The molecule has 1 aromatic carbocycles. The number of H-pyrrole nitrogens is 2. The van der Waals surface area contributed by atoms with Crippen molar-refractivity contribution in [1.29, 1.82) is 0 Å². The summed E-state index contributed by atoms with van der Waals surface area (Å²) in [5, 5.41) is 5.42. The van der Waals surface area contributed by atoms with Gasteiger partial charge in [-0.05, 0) is 37.1 Å². The highest BCUT2D eigenvalue weighted by atomic mass is 16.5. The molecule has 0 amide bonds. The number of rotatable bonds is 3. The third-order valence-corrected chi connectivity index (χ3v) is 3.17. The SMILES string of the molecule is COc1cc(C)c(C)cc1-c1[nH][nH]c(=O)c1CN. The molecule has 5 heteroatoms. The van der Waals surface area contributed by atoms with Gasteiger partial charge in [-0.2, -0.15) is 0 Å². The molecule has 0 atom stereocenters. The number of aryl methyl sites for hydroxylation is 2. The summed E-state index contributed by atoms with van der Waals surface area (Å²) >= 11 is 0. The Balaban J connectivity index is 2.70. The quantitative estimate of drug-likeness (QED) is 0.767. The van der Waals surface area contributed by atoms with Crippen LogP contribution in [0, 0.1) is 13.8 Å². The Bertz CT molecular complexity index is 626. The third kappa shape index (κ3) is 1.93. The van der Waals surface area contributed by atoms with Crippen molar-refractivity contribution in [2.75, 3.05) is 7.11 Å². The summed E-state index contributed by atoms with van der Waals surface area (Å²) in [6.07, 6.45) is 0. The van der Waals surface area contributed by atoms with Crippen molar-refractivity contribution in [3.63, 3.8) is 0 Å². The zero-order valence-corrected chi connectivity index (χ0v) is 10.8. The zero-order valence-electron chi connectivity index (χ0n) is 10.8. The first kappa shape index (κ1) is 12.4. The van der Waals surface area contributed by atoms with Gasteiger partial charge >= 0.3 is 0 Å². The minimum Gasteiger partial charge on any atom is -0.496 e. The van der Waals surface area contributed by atoms with E-state index < -0.39 is 0 Å². The molecule has 0 fully saturated rings. The molecule has 4 N–H and O–H groups in total. The van der Waals surface area contributed by atoms with Crippen LogP contribution in [0.1, 0.15) is 16.7 Å². The van der Waals surface area contributed by atoms with E-state index in [1.54, 1.807) is 7.11 Å². The van der Waals surface area contributed by atoms with Gasteiger partial charge in [-0.3, -0.25) is 15.0 Å². The largest absolute Gasteiger partial charge is 0.496 e. The molecule has 0 bridgehead atoms. The Hall–Kier alpha value is -2.01. The fourth-order valence-electron chi connectivity index (χ4n) is 1.96. The van der Waals surface area contributed by atoms with Gasteiger partial charge in [-0.15, -0.1) is 0 Å². The van der Waals surface area contributed by atoms with Crippen molar-refractivity contribution >= 4 is 0 Å². The maximum absolute atomic E-state index is 11.6. The standard InChI is InChI=1S/C13H17N3O2/c1-7-4-9(11(18-3)5-8(7)2)12-10(6-14)13(17)16-15-12/h4-5H,6,14H2,1-3H3,(H2,15,16,17). The Morgan fingerprint density at radius 3 is 2.50 bits per heavy atom. The van der Waals surface area contributed by atoms with E-state index in [0.29, 0.717) is 11.3 Å². The molecule has 0 radical (unpaired) electrons. The molecular formula is C13H17N3O2. The highest BCUT2D eigenvalue weighted by Crippen LogP contribution is 2.32. The van der Waals surface area contributed by atoms with E-state index in [9.17, 15) is 4.79 Å². The molecule has 0 saturated carbocycles. The van der Waals surface area contributed by atoms with Crippen molar-refractivity contribution in [3.8, 4) is 17.0 Å². The second-order valence-corrected chi connectivity index (χ2v) is 4.27. The number of aromatic nitrogens is 2. The van der Waals surface area contributed by atoms with E-state index in [-0.39, 0.29) is 12.1 Å². The van der Waals surface area contributed by atoms with Gasteiger partial charge in [0.15, 0.2) is 0 Å². The molecule has 0 spiro atoms. The summed E-state index contributed by atoms with van der Waals surface area (Å²) in [6.45, 7) is 4.22. The van der Waals surface area contributed by atoms with Gasteiger partial charge in [-0.25, -0.2) is 0 Å². The van der Waals surface area contributed by atoms with E-state index in [1.165, 1.54) is 0 Å². The average molecular weight is 247 g/mol. The molecule has 1 aromatic heterocycles. The number of aromatic amines is 2. The fourth-order valence-corrected chi connectivity index (χ4v) is 1.96. The maximum atomic E-state index is 11.6. The van der Waals surface area contributed by atoms with E-state index in [4.69, 9.17) is 10.5 Å². The second kappa shape index (κ2) is 4.70. The first-order chi connectivity index (χ1) is 8.58. The van der Waals surface area contributed by atoms with Gasteiger partial charge in [0, 0.05) is 12.1 Å². The van der Waals surface area contributed by atoms with Crippen LogP contribution < -0.4 is 16.0 Å². The number of nitrogens with one attached hydrogen (secondary N) is 2. The third-order valence-electron chi connectivity index (χ3n) is 3.17. The van der Waals surface area contributed by atoms with Crippen LogP contribution in [0.5, 0.6) is 5.75 Å². The predicted octanol–water partition coefficient (Wildman–Crippen LogP) is 1.45. The molecule has 2 rings (SSSR count). The minimum atomic E-state index is -0.187. The molecule has 2 aromatic rings. The molecular weight excluding hydrogens is 230 g/mol. The molecule has 0 aliphatic carbocycles. The van der Waals surface area contributed by atoms with Crippen LogP contribution >= 0.6 is 0 Å². The first-order valence-corrected chi connectivity index (χ1v) is 5.73. The number of ether oxygens (including phenoxy) is 1. The van der Waals surface area contributed by atoms with Gasteiger partial charge in [0.05, 0.1) is 18.4 Å². The predicted molar refractivity (Wildman–Crippen MR) is 70.8 cm³/mol. The van der Waals surface area contributed by atoms with Gasteiger partial charge in [0.2, 0.25) is 0 Å². The summed E-state index contributed by atoms with van der Waals surface area (Å²) in [7, 11) is 1.61. The normalized spacial score (nSPS) is 10.7. The lowest BCUT2D eigenvalue weighted by atomic mass is 10.0. The summed E-state index contributed by atoms with van der Waals surface area (Å²) in [5.41, 5.74) is 9.78. The van der Waals surface area contributed by atoms with Crippen molar-refractivity contribution in [1.82, 2.24) is 10.2 Å². The summed E-state index contributed by atoms with van der Waals surface area (Å²) < 4.78 is 5.37. The van der Waals surface area contributed by atoms with E-state index >= 15 is 0 Å². The van der Waals surface area contributed by atoms with Gasteiger partial charge < -0.3 is 10.5 Å². The summed E-state index contributed by atoms with van der Waals surface area (Å²) in [6, 6.07) is 3.95. The van der Waals surface area contributed by atoms with Crippen LogP contribution in [-0.4, -0.2) is 17.3 Å². The van der Waals surface area contributed by atoms with Gasteiger partial charge in [0.25, 0.3) is 5.56 Å². The number of hydrogen-bond acceptors (Lipinski definition) is 3. The molecule has 0 aliphatic rings. The highest BCUT2D eigenvalue weighted by molar-refractivity contribution is 5.71. The molecule has 0 saturated heterocycles.